The van der Waals surface area contributed by atoms with Gasteiger partial charge in [-0.15, -0.1) is 0 Å². The lowest BCUT2D eigenvalue weighted by Crippen LogP contribution is -3.00. The van der Waals surface area contributed by atoms with Crippen LogP contribution in [0.3, 0.4) is 0 Å². The molecule has 1 amide bonds. The Labute approximate surface area is 234 Å². The normalized spacial score (nSPS) is 28.1. The number of fused-ring (bicyclic) bond motifs is 2. The largest absolute Gasteiger partial charge is 1.00 e. The summed E-state index contributed by atoms with van der Waals surface area (Å²) in [6, 6.07) is 6.90. The SMILES string of the molecule is Cc1ccccc1N1CCN(S(=O)(=O)CC23CCC(C[C@@H]2NC(=O)[C@@H](N)CCS(C)(=O)=O)C3(C)C)CC1.[Cl-]. The molecule has 1 saturated heterocycles. The molecule has 1 heterocycles. The summed E-state index contributed by atoms with van der Waals surface area (Å²) in [5, 5.41) is 3.05. The molecule has 38 heavy (non-hydrogen) atoms. The Bertz CT molecular complexity index is 1230. The standard InChI is InChI=1S/C26H42N4O5S2.ClH/c1-19-7-5-6-8-22(19)29-12-14-30(15-13-29)37(34,35)18-26-11-9-20(25(26,2)3)17-23(26)28-24(31)21(27)10-16-36(4,32)33;/h5-8,20-21,23H,9-18,27H2,1-4H3,(H,28,31);1H/p-1/t20?,21-,23-,26?;/m0./s1. The minimum Gasteiger partial charge on any atom is -1.00 e. The molecule has 3 fully saturated rings. The molecule has 1 aromatic carbocycles. The summed E-state index contributed by atoms with van der Waals surface area (Å²) in [6.07, 6.45) is 3.55. The predicted octanol–water partition coefficient (Wildman–Crippen LogP) is -1.48. The van der Waals surface area contributed by atoms with E-state index in [1.807, 2.05) is 12.1 Å². The van der Waals surface area contributed by atoms with Crippen molar-refractivity contribution < 1.29 is 34.0 Å². The van der Waals surface area contributed by atoms with Crippen molar-refractivity contribution in [3.63, 3.8) is 0 Å². The molecular weight excluding hydrogens is 548 g/mol. The van der Waals surface area contributed by atoms with Crippen molar-refractivity contribution in [3.05, 3.63) is 29.8 Å². The number of benzene rings is 1. The van der Waals surface area contributed by atoms with Crippen LogP contribution in [-0.2, 0) is 24.7 Å². The van der Waals surface area contributed by atoms with Crippen LogP contribution >= 0.6 is 0 Å². The summed E-state index contributed by atoms with van der Waals surface area (Å²) in [7, 11) is -6.80. The van der Waals surface area contributed by atoms with Crippen LogP contribution in [0.1, 0.15) is 45.1 Å². The molecule has 12 heteroatoms. The van der Waals surface area contributed by atoms with Gasteiger partial charge in [0.2, 0.25) is 15.9 Å². The molecule has 2 unspecified atom stereocenters. The average molecular weight is 590 g/mol. The molecule has 2 bridgehead atoms. The Morgan fingerprint density at radius 1 is 1.13 bits per heavy atom. The van der Waals surface area contributed by atoms with E-state index in [2.05, 4.69) is 43.1 Å². The lowest BCUT2D eigenvalue weighted by molar-refractivity contribution is -0.124. The van der Waals surface area contributed by atoms with Crippen LogP contribution in [0.5, 0.6) is 0 Å². The smallest absolute Gasteiger partial charge is 0.237 e. The highest BCUT2D eigenvalue weighted by molar-refractivity contribution is 7.90. The maximum Gasteiger partial charge on any atom is 0.237 e. The molecule has 2 aliphatic carbocycles. The second-order valence-electron chi connectivity index (χ2n) is 11.9. The quantitative estimate of drug-likeness (QED) is 0.359. The van der Waals surface area contributed by atoms with Gasteiger partial charge in [0.1, 0.15) is 9.84 Å². The number of hydrogen-bond donors (Lipinski definition) is 2. The van der Waals surface area contributed by atoms with E-state index >= 15 is 0 Å². The third kappa shape index (κ3) is 6.01. The van der Waals surface area contributed by atoms with Crippen LogP contribution in [0.15, 0.2) is 24.3 Å². The summed E-state index contributed by atoms with van der Waals surface area (Å²) in [5.74, 6) is -0.245. The lowest BCUT2D eigenvalue weighted by atomic mass is 9.69. The predicted molar refractivity (Wildman–Crippen MR) is 147 cm³/mol. The van der Waals surface area contributed by atoms with Crippen molar-refractivity contribution in [3.8, 4) is 0 Å². The number of sulfonamides is 1. The zero-order valence-corrected chi connectivity index (χ0v) is 25.2. The third-order valence-electron chi connectivity index (χ3n) is 9.41. The summed E-state index contributed by atoms with van der Waals surface area (Å²) in [4.78, 5) is 15.2. The number of carbonyl (C=O) groups excluding carboxylic acids is 1. The van der Waals surface area contributed by atoms with E-state index in [1.54, 1.807) is 4.31 Å². The van der Waals surface area contributed by atoms with Gasteiger partial charge in [-0.1, -0.05) is 32.0 Å². The molecule has 4 atom stereocenters. The van der Waals surface area contributed by atoms with Gasteiger partial charge in [-0.2, -0.15) is 4.31 Å². The van der Waals surface area contributed by atoms with Gasteiger partial charge in [0.15, 0.2) is 0 Å². The second-order valence-corrected chi connectivity index (χ2v) is 16.1. The van der Waals surface area contributed by atoms with Crippen LogP contribution < -0.4 is 28.4 Å². The summed E-state index contributed by atoms with van der Waals surface area (Å²) >= 11 is 0. The second kappa shape index (κ2) is 11.2. The van der Waals surface area contributed by atoms with Crippen LogP contribution in [0.2, 0.25) is 0 Å². The van der Waals surface area contributed by atoms with E-state index in [4.69, 9.17) is 5.73 Å². The molecule has 4 rings (SSSR count). The van der Waals surface area contributed by atoms with Crippen molar-refractivity contribution in [2.75, 3.05) is 48.8 Å². The molecule has 1 aliphatic heterocycles. The van der Waals surface area contributed by atoms with Gasteiger partial charge in [-0.05, 0) is 55.6 Å². The minimum absolute atomic E-state index is 0. The summed E-state index contributed by atoms with van der Waals surface area (Å²) in [5.41, 5.74) is 7.50. The first kappa shape index (κ1) is 31.1. The lowest BCUT2D eigenvalue weighted by Gasteiger charge is -2.44. The number of anilines is 1. The number of amides is 1. The number of para-hydroxylation sites is 1. The molecule has 9 nitrogen and oxygen atoms in total. The number of piperazine rings is 1. The van der Waals surface area contributed by atoms with E-state index in [-0.39, 0.29) is 41.8 Å². The molecular formula is C26H42ClN4O5S2-. The number of rotatable bonds is 9. The number of nitrogens with two attached hydrogens (primary N) is 1. The number of carbonyl (C=O) groups is 1. The van der Waals surface area contributed by atoms with Gasteiger partial charge in [0.25, 0.3) is 0 Å². The molecule has 1 aromatic rings. The van der Waals surface area contributed by atoms with Crippen LogP contribution in [0.25, 0.3) is 0 Å². The molecule has 3 N–H and O–H groups in total. The molecule has 0 aromatic heterocycles. The number of hydrogen-bond acceptors (Lipinski definition) is 7. The van der Waals surface area contributed by atoms with Gasteiger partial charge >= 0.3 is 0 Å². The topological polar surface area (TPSA) is 130 Å². The maximum absolute atomic E-state index is 13.8. The number of nitrogens with zero attached hydrogens (tertiary/aromatic N) is 2. The Kier molecular flexibility index (Phi) is 9.20. The number of nitrogens with one attached hydrogen (secondary N) is 1. The highest BCUT2D eigenvalue weighted by Gasteiger charge is 2.66. The Morgan fingerprint density at radius 3 is 2.34 bits per heavy atom. The van der Waals surface area contributed by atoms with Gasteiger partial charge in [0.05, 0.1) is 17.5 Å². The Hall–Kier alpha value is -1.40. The van der Waals surface area contributed by atoms with Crippen molar-refractivity contribution in [1.29, 1.82) is 0 Å². The zero-order chi connectivity index (χ0) is 27.2. The van der Waals surface area contributed by atoms with E-state index in [0.717, 1.165) is 24.8 Å². The third-order valence-corrected chi connectivity index (χ3v) is 12.4. The first-order chi connectivity index (χ1) is 17.2. The molecule has 0 radical (unpaired) electrons. The fourth-order valence-electron chi connectivity index (χ4n) is 6.92. The fourth-order valence-corrected chi connectivity index (χ4v) is 9.87. The van der Waals surface area contributed by atoms with Crippen molar-refractivity contribution in [2.45, 2.75) is 58.5 Å². The van der Waals surface area contributed by atoms with E-state index in [9.17, 15) is 21.6 Å². The number of halogens is 1. The van der Waals surface area contributed by atoms with Crippen molar-refractivity contribution >= 4 is 31.5 Å². The van der Waals surface area contributed by atoms with Gasteiger partial charge in [0, 0.05) is 49.6 Å². The van der Waals surface area contributed by atoms with Crippen LogP contribution in [-0.4, -0.2) is 83.1 Å². The maximum atomic E-state index is 13.8. The van der Waals surface area contributed by atoms with Gasteiger partial charge in [-0.25, -0.2) is 16.8 Å². The number of sulfone groups is 1. The van der Waals surface area contributed by atoms with Crippen molar-refractivity contribution in [2.24, 2.45) is 22.5 Å². The summed E-state index contributed by atoms with van der Waals surface area (Å²) < 4.78 is 52.2. The van der Waals surface area contributed by atoms with Crippen molar-refractivity contribution in [1.82, 2.24) is 9.62 Å². The van der Waals surface area contributed by atoms with Gasteiger partial charge < -0.3 is 28.4 Å². The molecule has 2 saturated carbocycles. The Morgan fingerprint density at radius 2 is 1.76 bits per heavy atom. The summed E-state index contributed by atoms with van der Waals surface area (Å²) in [6.45, 7) is 8.47. The first-order valence-electron chi connectivity index (χ1n) is 13.2. The van der Waals surface area contributed by atoms with E-state index < -0.39 is 37.2 Å². The number of aryl methyl sites for hydroxylation is 1. The highest BCUT2D eigenvalue weighted by Crippen LogP contribution is 2.66. The molecule has 0 spiro atoms. The zero-order valence-electron chi connectivity index (χ0n) is 22.8. The van der Waals surface area contributed by atoms with Crippen LogP contribution in [0, 0.1) is 23.7 Å². The fraction of sp³-hybridized carbons (Fsp3) is 0.731. The first-order valence-corrected chi connectivity index (χ1v) is 16.9. The highest BCUT2D eigenvalue weighted by atomic mass is 35.5. The average Bonchev–Trinajstić information content (AvgIpc) is 3.17. The van der Waals surface area contributed by atoms with Gasteiger partial charge in [-0.3, -0.25) is 4.79 Å². The van der Waals surface area contributed by atoms with E-state index in [1.165, 1.54) is 5.56 Å². The minimum atomic E-state index is -3.57. The molecule has 3 aliphatic rings. The monoisotopic (exact) mass is 589 g/mol. The van der Waals surface area contributed by atoms with Crippen LogP contribution in [0.4, 0.5) is 5.69 Å². The van der Waals surface area contributed by atoms with E-state index in [0.29, 0.717) is 38.5 Å². The Balaban J connectivity index is 0.00000400. The molecule has 216 valence electrons.